The monoisotopic (exact) mass is 503 g/mol. The number of aliphatic hydroxyl groups excluding tert-OH is 1. The maximum Gasteiger partial charge on any atom is 0.277 e. The van der Waals surface area contributed by atoms with E-state index in [0.717, 1.165) is 10.2 Å². The largest absolute Gasteiger partial charge is 0.487 e. The number of hydrogen-bond acceptors (Lipinski definition) is 4. The van der Waals surface area contributed by atoms with Crippen molar-refractivity contribution in [1.82, 2.24) is 0 Å². The van der Waals surface area contributed by atoms with Crippen molar-refractivity contribution < 1.29 is 47.0 Å². The van der Waals surface area contributed by atoms with E-state index >= 15 is 0 Å². The second-order valence-electron chi connectivity index (χ2n) is 5.73. The van der Waals surface area contributed by atoms with Gasteiger partial charge in [-0.3, -0.25) is 4.79 Å². The number of aliphatic carboxylic acids is 1. The van der Waals surface area contributed by atoms with Gasteiger partial charge in [0.25, 0.3) is 5.97 Å². The van der Waals surface area contributed by atoms with Crippen molar-refractivity contribution in [2.24, 2.45) is 5.41 Å². The van der Waals surface area contributed by atoms with E-state index < -0.39 is 5.97 Å². The van der Waals surface area contributed by atoms with Gasteiger partial charge >= 0.3 is 0 Å². The van der Waals surface area contributed by atoms with Gasteiger partial charge in [0.15, 0.2) is 0 Å². The molecule has 1 aromatic rings. The summed E-state index contributed by atoms with van der Waals surface area (Å²) < 4.78 is 6.48. The Morgan fingerprint density at radius 2 is 2.13 bits per heavy atom. The van der Waals surface area contributed by atoms with Crippen LogP contribution in [0.1, 0.15) is 19.4 Å². The predicted octanol–water partition coefficient (Wildman–Crippen LogP) is 3.22. The van der Waals surface area contributed by atoms with Crippen LogP contribution in [0.3, 0.4) is 0 Å². The average Bonchev–Trinajstić information content (AvgIpc) is 2.43. The minimum Gasteiger partial charge on any atom is -0.487 e. The Morgan fingerprint density at radius 1 is 1.43 bits per heavy atom. The number of carboxylic acid groups (broad SMARTS) is 1. The number of carbonyl (C=O) groups is 1. The molecular weight excluding hydrogens is 481 g/mol. The quantitative estimate of drug-likeness (QED) is 0.292. The number of halogens is 1. The summed E-state index contributed by atoms with van der Waals surface area (Å²) in [4.78, 5) is 11.4. The van der Waals surface area contributed by atoms with Gasteiger partial charge in [-0.15, -0.1) is 12.1 Å². The molecule has 0 aromatic heterocycles. The van der Waals surface area contributed by atoms with Crippen molar-refractivity contribution in [2.45, 2.75) is 13.8 Å². The third-order valence-corrected chi connectivity index (χ3v) is 4.85. The minimum atomic E-state index is -0.967. The maximum absolute atomic E-state index is 11.4. The molecule has 0 spiro atoms. The van der Waals surface area contributed by atoms with Crippen LogP contribution < -0.4 is 0 Å². The van der Waals surface area contributed by atoms with Crippen molar-refractivity contribution in [3.05, 3.63) is 40.2 Å². The molecule has 1 aromatic carbocycles. The molecule has 1 rings (SSSR count). The molecule has 0 radical (unpaired) electrons. The number of hydrogen-bond donors (Lipinski definition) is 2. The Labute approximate surface area is 170 Å². The number of rotatable bonds is 10. The summed E-state index contributed by atoms with van der Waals surface area (Å²) in [6.07, 6.45) is 0. The molecule has 0 bridgehead atoms. The average molecular weight is 503 g/mol. The Balaban J connectivity index is 0.00000484. The molecule has 0 atom stereocenters. The molecule has 0 aliphatic carbocycles. The molecule has 126 valence electrons. The third kappa shape index (κ3) is 9.33. The molecule has 0 unspecified atom stereocenters. The molecule has 0 aliphatic rings. The molecule has 7 heteroatoms. The van der Waals surface area contributed by atoms with Gasteiger partial charge < -0.3 is 14.9 Å². The van der Waals surface area contributed by atoms with Gasteiger partial charge in [-0.25, -0.2) is 0 Å². The summed E-state index contributed by atoms with van der Waals surface area (Å²) >= 11 is 5.01. The van der Waals surface area contributed by atoms with Crippen LogP contribution >= 0.6 is 27.7 Å². The fourth-order valence-electron chi connectivity index (χ4n) is 1.83. The van der Waals surface area contributed by atoms with Gasteiger partial charge in [-0.2, -0.15) is 23.4 Å². The summed E-state index contributed by atoms with van der Waals surface area (Å²) in [5.74, 6) is 0.839. The number of benzene rings is 1. The van der Waals surface area contributed by atoms with Crippen LogP contribution in [0.5, 0.6) is 0 Å². The second-order valence-corrected chi connectivity index (χ2v) is 7.75. The summed E-state index contributed by atoms with van der Waals surface area (Å²) in [6, 6.07) is 7.19. The zero-order valence-corrected chi connectivity index (χ0v) is 20.0. The zero-order valence-electron chi connectivity index (χ0n) is 13.5. The topological polar surface area (TPSA) is 66.8 Å². The SMILES string of the molecule is CC(C)(COC[C-](C(=O)O)c1cccc(Br)c1)CSCCO.[Cd]. The maximum atomic E-state index is 11.4. The van der Waals surface area contributed by atoms with Crippen molar-refractivity contribution >= 4 is 33.7 Å². The van der Waals surface area contributed by atoms with E-state index in [4.69, 9.17) is 9.84 Å². The molecular formula is C16H22BrCdO4S-. The minimum absolute atomic E-state index is 0. The van der Waals surface area contributed by atoms with Gasteiger partial charge in [0.2, 0.25) is 0 Å². The van der Waals surface area contributed by atoms with Crippen LogP contribution in [-0.2, 0) is 36.8 Å². The van der Waals surface area contributed by atoms with Crippen molar-refractivity contribution in [1.29, 1.82) is 0 Å². The number of aliphatic hydroxyl groups is 1. The normalized spacial score (nSPS) is 11.0. The van der Waals surface area contributed by atoms with E-state index in [9.17, 15) is 9.90 Å². The van der Waals surface area contributed by atoms with E-state index in [1.807, 2.05) is 6.07 Å². The molecule has 0 saturated carbocycles. The molecule has 0 saturated heterocycles. The summed E-state index contributed by atoms with van der Waals surface area (Å²) in [5.41, 5.74) is 0.579. The van der Waals surface area contributed by atoms with Crippen molar-refractivity contribution in [3.8, 4) is 0 Å². The summed E-state index contributed by atoms with van der Waals surface area (Å²) in [6.45, 7) is 4.84. The van der Waals surface area contributed by atoms with Gasteiger partial charge in [0.05, 0.1) is 13.2 Å². The number of carboxylic acids is 1. The second kappa shape index (κ2) is 11.7. The van der Waals surface area contributed by atoms with E-state index in [0.29, 0.717) is 17.9 Å². The standard InChI is InChI=1S/C16H22BrO4S.Cd/c1-16(2,11-22-7-6-18)10-21-9-14(15(19)20)12-4-3-5-13(17)8-12;/h3-5,8,18H,6-7,9-11H2,1-2H3,(H,19,20);/q-1;. The molecule has 23 heavy (non-hydrogen) atoms. The van der Waals surface area contributed by atoms with Crippen LogP contribution in [-0.4, -0.2) is 47.5 Å². The van der Waals surface area contributed by atoms with Crippen LogP contribution in [0.4, 0.5) is 0 Å². The fourth-order valence-corrected chi connectivity index (χ4v) is 3.14. The first kappa shape index (κ1) is 23.2. The van der Waals surface area contributed by atoms with Crippen LogP contribution in [0.25, 0.3) is 0 Å². The first-order valence-corrected chi connectivity index (χ1v) is 8.92. The van der Waals surface area contributed by atoms with Crippen LogP contribution in [0.15, 0.2) is 28.7 Å². The van der Waals surface area contributed by atoms with E-state index in [1.54, 1.807) is 30.0 Å². The van der Waals surface area contributed by atoms with E-state index in [1.165, 1.54) is 0 Å². The number of ether oxygens (including phenoxy) is 1. The first-order valence-electron chi connectivity index (χ1n) is 6.97. The first-order chi connectivity index (χ1) is 10.4. The van der Waals surface area contributed by atoms with E-state index in [2.05, 4.69) is 29.8 Å². The van der Waals surface area contributed by atoms with Crippen LogP contribution in [0.2, 0.25) is 0 Å². The van der Waals surface area contributed by atoms with Gasteiger partial charge in [-0.05, 0) is 15.8 Å². The Kier molecular flexibility index (Phi) is 11.8. The fraction of sp³-hybridized carbons (Fsp3) is 0.500. The Hall–Kier alpha value is 0.232. The Morgan fingerprint density at radius 3 is 2.70 bits per heavy atom. The molecule has 0 aliphatic heterocycles. The summed E-state index contributed by atoms with van der Waals surface area (Å²) in [7, 11) is 0. The molecule has 0 heterocycles. The molecule has 0 fully saturated rings. The summed E-state index contributed by atoms with van der Waals surface area (Å²) in [5, 5.41) is 18.2. The predicted molar refractivity (Wildman–Crippen MR) is 93.1 cm³/mol. The smallest absolute Gasteiger partial charge is 0.277 e. The van der Waals surface area contributed by atoms with Gasteiger partial charge in [0.1, 0.15) is 0 Å². The van der Waals surface area contributed by atoms with Gasteiger partial charge in [0, 0.05) is 45.4 Å². The van der Waals surface area contributed by atoms with Crippen molar-refractivity contribution in [3.63, 3.8) is 0 Å². The third-order valence-electron chi connectivity index (χ3n) is 2.90. The Bertz CT molecular complexity index is 485. The number of thioether (sulfide) groups is 1. The molecule has 4 nitrogen and oxygen atoms in total. The zero-order chi connectivity index (χ0) is 16.6. The molecule has 2 N–H and O–H groups in total. The van der Waals surface area contributed by atoms with E-state index in [-0.39, 0.29) is 51.8 Å². The molecule has 0 amide bonds. The van der Waals surface area contributed by atoms with Crippen LogP contribution in [0, 0.1) is 11.3 Å². The van der Waals surface area contributed by atoms with Gasteiger partial charge in [-0.1, -0.05) is 35.8 Å². The van der Waals surface area contributed by atoms with Crippen molar-refractivity contribution in [2.75, 3.05) is 31.3 Å².